The van der Waals surface area contributed by atoms with E-state index in [2.05, 4.69) is 27.4 Å². The van der Waals surface area contributed by atoms with Gasteiger partial charge in [0.05, 0.1) is 6.04 Å². The van der Waals surface area contributed by atoms with Gasteiger partial charge < -0.3 is 5.32 Å². The lowest BCUT2D eigenvalue weighted by atomic mass is 10.0. The largest absolute Gasteiger partial charge is 0.309 e. The molecular weight excluding hydrogens is 198 g/mol. The van der Waals surface area contributed by atoms with Crippen molar-refractivity contribution in [3.8, 4) is 0 Å². The molecule has 0 spiro atoms. The summed E-state index contributed by atoms with van der Waals surface area (Å²) in [6.07, 6.45) is 5.56. The number of hydrogen-bond donors (Lipinski definition) is 1. The summed E-state index contributed by atoms with van der Waals surface area (Å²) >= 11 is 0. The van der Waals surface area contributed by atoms with Crippen LogP contribution in [-0.2, 0) is 0 Å². The zero-order valence-corrected chi connectivity index (χ0v) is 9.51. The molecular formula is C13H15N3. The summed E-state index contributed by atoms with van der Waals surface area (Å²) in [5.74, 6) is 0. The Morgan fingerprint density at radius 3 is 2.50 bits per heavy atom. The maximum absolute atomic E-state index is 4.31. The van der Waals surface area contributed by atoms with Crippen molar-refractivity contribution in [2.24, 2.45) is 0 Å². The molecule has 16 heavy (non-hydrogen) atoms. The molecule has 3 heteroatoms. The van der Waals surface area contributed by atoms with Crippen molar-refractivity contribution in [1.82, 2.24) is 15.3 Å². The number of nitrogens with zero attached hydrogens (tertiary/aromatic N) is 2. The SMILES string of the molecule is CNC(c1cccnc1)c1ccc(C)nc1. The van der Waals surface area contributed by atoms with Crippen LogP contribution in [0.1, 0.15) is 22.9 Å². The van der Waals surface area contributed by atoms with Crippen LogP contribution in [0.5, 0.6) is 0 Å². The Bertz CT molecular complexity index is 436. The highest BCUT2D eigenvalue weighted by Gasteiger charge is 2.11. The zero-order chi connectivity index (χ0) is 11.4. The Balaban J connectivity index is 2.33. The molecule has 2 heterocycles. The molecule has 0 bridgehead atoms. The average molecular weight is 213 g/mol. The van der Waals surface area contributed by atoms with Crippen LogP contribution in [0, 0.1) is 6.92 Å². The predicted octanol–water partition coefficient (Wildman–Crippen LogP) is 2.09. The van der Waals surface area contributed by atoms with Crippen LogP contribution in [-0.4, -0.2) is 17.0 Å². The van der Waals surface area contributed by atoms with Gasteiger partial charge in [0, 0.05) is 24.3 Å². The van der Waals surface area contributed by atoms with Crippen LogP contribution in [0.2, 0.25) is 0 Å². The lowest BCUT2D eigenvalue weighted by Gasteiger charge is -2.16. The maximum atomic E-state index is 4.31. The third kappa shape index (κ3) is 2.25. The number of aromatic nitrogens is 2. The molecule has 1 atom stereocenters. The minimum atomic E-state index is 0.154. The van der Waals surface area contributed by atoms with E-state index in [-0.39, 0.29) is 6.04 Å². The molecule has 0 amide bonds. The van der Waals surface area contributed by atoms with Crippen LogP contribution in [0.4, 0.5) is 0 Å². The van der Waals surface area contributed by atoms with Crippen molar-refractivity contribution in [2.75, 3.05) is 7.05 Å². The molecule has 1 N–H and O–H groups in total. The van der Waals surface area contributed by atoms with Gasteiger partial charge in [-0.1, -0.05) is 12.1 Å². The van der Waals surface area contributed by atoms with Gasteiger partial charge >= 0.3 is 0 Å². The summed E-state index contributed by atoms with van der Waals surface area (Å²) in [6.45, 7) is 1.99. The van der Waals surface area contributed by atoms with Gasteiger partial charge in [-0.05, 0) is 37.2 Å². The maximum Gasteiger partial charge on any atom is 0.0604 e. The molecule has 2 aromatic rings. The van der Waals surface area contributed by atoms with Crippen LogP contribution < -0.4 is 5.32 Å². The van der Waals surface area contributed by atoms with Crippen LogP contribution in [0.15, 0.2) is 42.9 Å². The number of nitrogens with one attached hydrogen (secondary N) is 1. The van der Waals surface area contributed by atoms with E-state index in [0.717, 1.165) is 16.8 Å². The van der Waals surface area contributed by atoms with E-state index in [1.165, 1.54) is 0 Å². The molecule has 1 unspecified atom stereocenters. The first-order chi connectivity index (χ1) is 7.81. The molecule has 0 aliphatic rings. The normalized spacial score (nSPS) is 12.4. The van der Waals surface area contributed by atoms with E-state index in [9.17, 15) is 0 Å². The molecule has 82 valence electrons. The molecule has 0 fully saturated rings. The van der Waals surface area contributed by atoms with E-state index in [4.69, 9.17) is 0 Å². The first kappa shape index (κ1) is 10.8. The molecule has 2 rings (SSSR count). The minimum absolute atomic E-state index is 0.154. The smallest absolute Gasteiger partial charge is 0.0604 e. The molecule has 0 aromatic carbocycles. The highest BCUT2D eigenvalue weighted by atomic mass is 14.9. The van der Waals surface area contributed by atoms with Crippen LogP contribution in [0.25, 0.3) is 0 Å². The van der Waals surface area contributed by atoms with Crippen molar-refractivity contribution in [1.29, 1.82) is 0 Å². The van der Waals surface area contributed by atoms with Crippen molar-refractivity contribution in [2.45, 2.75) is 13.0 Å². The standard InChI is InChI=1S/C13H15N3/c1-10-5-6-12(9-16-10)13(14-2)11-4-3-7-15-8-11/h3-9,13-14H,1-2H3. The molecule has 0 saturated carbocycles. The van der Waals surface area contributed by atoms with E-state index in [0.29, 0.717) is 0 Å². The summed E-state index contributed by atoms with van der Waals surface area (Å²) in [7, 11) is 1.94. The van der Waals surface area contributed by atoms with Crippen molar-refractivity contribution < 1.29 is 0 Å². The Morgan fingerprint density at radius 2 is 1.94 bits per heavy atom. The second-order valence-corrected chi connectivity index (χ2v) is 3.74. The Hall–Kier alpha value is -1.74. The van der Waals surface area contributed by atoms with Crippen LogP contribution >= 0.6 is 0 Å². The van der Waals surface area contributed by atoms with Crippen LogP contribution in [0.3, 0.4) is 0 Å². The number of rotatable bonds is 3. The highest BCUT2D eigenvalue weighted by molar-refractivity contribution is 5.28. The molecule has 0 saturated heterocycles. The zero-order valence-electron chi connectivity index (χ0n) is 9.51. The topological polar surface area (TPSA) is 37.8 Å². The van der Waals surface area contributed by atoms with E-state index in [1.54, 1.807) is 6.20 Å². The van der Waals surface area contributed by atoms with Gasteiger partial charge in [0.2, 0.25) is 0 Å². The number of hydrogen-bond acceptors (Lipinski definition) is 3. The summed E-state index contributed by atoms with van der Waals surface area (Å²) in [5, 5.41) is 3.27. The van der Waals surface area contributed by atoms with Crippen molar-refractivity contribution in [3.05, 3.63) is 59.7 Å². The Kier molecular flexibility index (Phi) is 3.27. The monoisotopic (exact) mass is 213 g/mol. The summed E-state index contributed by atoms with van der Waals surface area (Å²) in [4.78, 5) is 8.45. The van der Waals surface area contributed by atoms with Crippen molar-refractivity contribution in [3.63, 3.8) is 0 Å². The van der Waals surface area contributed by atoms with Gasteiger partial charge in [0.1, 0.15) is 0 Å². The molecule has 0 aliphatic carbocycles. The average Bonchev–Trinajstić information content (AvgIpc) is 2.34. The van der Waals surface area contributed by atoms with E-state index < -0.39 is 0 Å². The molecule has 3 nitrogen and oxygen atoms in total. The summed E-state index contributed by atoms with van der Waals surface area (Å²) in [6, 6.07) is 8.28. The van der Waals surface area contributed by atoms with Gasteiger partial charge in [-0.25, -0.2) is 0 Å². The summed E-state index contributed by atoms with van der Waals surface area (Å²) in [5.41, 5.74) is 3.33. The number of aryl methyl sites for hydroxylation is 1. The van der Waals surface area contributed by atoms with Gasteiger partial charge in [-0.2, -0.15) is 0 Å². The second kappa shape index (κ2) is 4.86. The van der Waals surface area contributed by atoms with Gasteiger partial charge in [0.15, 0.2) is 0 Å². The Labute approximate surface area is 95.6 Å². The van der Waals surface area contributed by atoms with E-state index >= 15 is 0 Å². The molecule has 0 radical (unpaired) electrons. The van der Waals surface area contributed by atoms with Gasteiger partial charge in [0.25, 0.3) is 0 Å². The predicted molar refractivity (Wildman–Crippen MR) is 64.1 cm³/mol. The third-order valence-corrected chi connectivity index (χ3v) is 2.57. The fraction of sp³-hybridized carbons (Fsp3) is 0.231. The Morgan fingerprint density at radius 1 is 1.12 bits per heavy atom. The summed E-state index contributed by atoms with van der Waals surface area (Å²) < 4.78 is 0. The highest BCUT2D eigenvalue weighted by Crippen LogP contribution is 2.19. The fourth-order valence-corrected chi connectivity index (χ4v) is 1.72. The first-order valence-electron chi connectivity index (χ1n) is 5.31. The fourth-order valence-electron chi connectivity index (χ4n) is 1.72. The van der Waals surface area contributed by atoms with Gasteiger partial charge in [-0.3, -0.25) is 9.97 Å². The molecule has 2 aromatic heterocycles. The van der Waals surface area contributed by atoms with E-state index in [1.807, 2.05) is 38.5 Å². The minimum Gasteiger partial charge on any atom is -0.309 e. The quantitative estimate of drug-likeness (QED) is 0.848. The van der Waals surface area contributed by atoms with Gasteiger partial charge in [-0.15, -0.1) is 0 Å². The lowest BCUT2D eigenvalue weighted by molar-refractivity contribution is 0.685. The van der Waals surface area contributed by atoms with Crippen molar-refractivity contribution >= 4 is 0 Å². The molecule has 0 aliphatic heterocycles. The lowest BCUT2D eigenvalue weighted by Crippen LogP contribution is -2.17. The second-order valence-electron chi connectivity index (χ2n) is 3.74. The number of pyridine rings is 2. The first-order valence-corrected chi connectivity index (χ1v) is 5.31. The third-order valence-electron chi connectivity index (χ3n) is 2.57.